The van der Waals surface area contributed by atoms with Crippen LogP contribution in [0.25, 0.3) is 0 Å². The Bertz CT molecular complexity index is 1060. The van der Waals surface area contributed by atoms with E-state index in [2.05, 4.69) is 4.72 Å². The second-order valence-electron chi connectivity index (χ2n) is 6.75. The highest BCUT2D eigenvalue weighted by molar-refractivity contribution is 7.89. The summed E-state index contributed by atoms with van der Waals surface area (Å²) in [5, 5.41) is 0. The molecule has 32 heavy (non-hydrogen) atoms. The number of sulfonamides is 1. The molecule has 1 amide bonds. The Morgan fingerprint density at radius 2 is 1.84 bits per heavy atom. The number of nitrogens with zero attached hydrogens (tertiary/aromatic N) is 1. The molecule has 11 heteroatoms. The van der Waals surface area contributed by atoms with E-state index in [0.717, 1.165) is 0 Å². The summed E-state index contributed by atoms with van der Waals surface area (Å²) in [6.45, 7) is 0.0693. The first kappa shape index (κ1) is 23.5. The Balaban J connectivity index is 1.65. The van der Waals surface area contributed by atoms with Gasteiger partial charge in [0.2, 0.25) is 16.1 Å². The molecule has 0 aliphatic carbocycles. The van der Waals surface area contributed by atoms with E-state index < -0.39 is 28.0 Å². The number of hydrogen-bond donors (Lipinski definition) is 1. The average molecular weight is 464 g/mol. The van der Waals surface area contributed by atoms with Gasteiger partial charge in [0.25, 0.3) is 5.91 Å². The van der Waals surface area contributed by atoms with E-state index in [1.165, 1.54) is 43.4 Å². The first-order chi connectivity index (χ1) is 15.4. The predicted molar refractivity (Wildman–Crippen MR) is 114 cm³/mol. The van der Waals surface area contributed by atoms with Crippen molar-refractivity contribution in [3.63, 3.8) is 0 Å². The van der Waals surface area contributed by atoms with E-state index in [-0.39, 0.29) is 31.2 Å². The Morgan fingerprint density at radius 3 is 2.53 bits per heavy atom. The van der Waals surface area contributed by atoms with Crippen molar-refractivity contribution in [1.29, 1.82) is 0 Å². The molecule has 2 aromatic rings. The molecule has 2 aromatic carbocycles. The van der Waals surface area contributed by atoms with E-state index in [9.17, 15) is 18.0 Å². The van der Waals surface area contributed by atoms with E-state index >= 15 is 0 Å². The summed E-state index contributed by atoms with van der Waals surface area (Å²) in [6, 6.07) is 12.5. The summed E-state index contributed by atoms with van der Waals surface area (Å²) >= 11 is 0. The largest absolute Gasteiger partial charge is 0.484 e. The summed E-state index contributed by atoms with van der Waals surface area (Å²) in [6.07, 6.45) is -0.950. The van der Waals surface area contributed by atoms with Gasteiger partial charge in [-0.2, -0.15) is 0 Å². The zero-order valence-electron chi connectivity index (χ0n) is 17.6. The van der Waals surface area contributed by atoms with Crippen molar-refractivity contribution in [3.8, 4) is 11.5 Å². The molecule has 10 nitrogen and oxygen atoms in total. The highest BCUT2D eigenvalue weighted by Crippen LogP contribution is 2.33. The van der Waals surface area contributed by atoms with Gasteiger partial charge < -0.3 is 23.8 Å². The monoisotopic (exact) mass is 464 g/mol. The molecule has 3 rings (SSSR count). The summed E-state index contributed by atoms with van der Waals surface area (Å²) in [5.74, 6) is -0.278. The second-order valence-corrected chi connectivity index (χ2v) is 8.52. The summed E-state index contributed by atoms with van der Waals surface area (Å²) in [4.78, 5) is 26.2. The molecule has 1 aliphatic heterocycles. The van der Waals surface area contributed by atoms with E-state index in [1.807, 2.05) is 0 Å². The molecule has 0 fully saturated rings. The topological polar surface area (TPSA) is 120 Å². The number of ether oxygens (including phenoxy) is 4. The quantitative estimate of drug-likeness (QED) is 0.430. The predicted octanol–water partition coefficient (Wildman–Crippen LogP) is 0.957. The third-order valence-electron chi connectivity index (χ3n) is 4.63. The second kappa shape index (κ2) is 10.4. The van der Waals surface area contributed by atoms with Crippen molar-refractivity contribution in [2.75, 3.05) is 45.4 Å². The van der Waals surface area contributed by atoms with Gasteiger partial charge >= 0.3 is 5.97 Å². The minimum Gasteiger partial charge on any atom is -0.484 e. The van der Waals surface area contributed by atoms with Crippen LogP contribution in [0.2, 0.25) is 0 Å². The van der Waals surface area contributed by atoms with Gasteiger partial charge in [-0.25, -0.2) is 17.9 Å². The number of anilines is 1. The number of carbonyl (C=O) groups excluding carboxylic acids is 2. The lowest BCUT2D eigenvalue weighted by molar-refractivity contribution is -0.148. The molecule has 0 radical (unpaired) electrons. The normalized spacial score (nSPS) is 15.4. The number of esters is 1. The molecule has 0 saturated heterocycles. The van der Waals surface area contributed by atoms with Crippen LogP contribution in [0.15, 0.2) is 53.4 Å². The van der Waals surface area contributed by atoms with Crippen LogP contribution in [0, 0.1) is 0 Å². The maximum absolute atomic E-state index is 12.8. The van der Waals surface area contributed by atoms with Gasteiger partial charge in [-0.05, 0) is 36.4 Å². The van der Waals surface area contributed by atoms with E-state index in [0.29, 0.717) is 17.2 Å². The number of fused-ring (bicyclic) bond motifs is 1. The molecule has 172 valence electrons. The van der Waals surface area contributed by atoms with Gasteiger partial charge in [-0.1, -0.05) is 12.1 Å². The summed E-state index contributed by atoms with van der Waals surface area (Å²) in [5.41, 5.74) is 0.518. The number of para-hydroxylation sites is 2. The number of benzene rings is 2. The molecule has 1 aliphatic rings. The van der Waals surface area contributed by atoms with Gasteiger partial charge in [0.15, 0.2) is 6.61 Å². The number of hydrogen-bond acceptors (Lipinski definition) is 8. The Hall–Kier alpha value is -3.15. The fraction of sp³-hybridized carbons (Fsp3) is 0.333. The lowest BCUT2D eigenvalue weighted by Gasteiger charge is -2.33. The first-order valence-electron chi connectivity index (χ1n) is 9.71. The summed E-state index contributed by atoms with van der Waals surface area (Å²) < 4.78 is 47.5. The van der Waals surface area contributed by atoms with E-state index in [1.54, 1.807) is 24.3 Å². The van der Waals surface area contributed by atoms with Crippen LogP contribution in [-0.2, 0) is 29.1 Å². The van der Waals surface area contributed by atoms with Crippen LogP contribution < -0.4 is 19.1 Å². The third kappa shape index (κ3) is 5.55. The number of rotatable bonds is 9. The molecular weight excluding hydrogens is 440 g/mol. The highest BCUT2D eigenvalue weighted by atomic mass is 32.2. The third-order valence-corrected chi connectivity index (χ3v) is 6.11. The van der Waals surface area contributed by atoms with Crippen molar-refractivity contribution in [3.05, 3.63) is 48.5 Å². The van der Waals surface area contributed by atoms with Crippen molar-refractivity contribution in [2.24, 2.45) is 0 Å². The van der Waals surface area contributed by atoms with Crippen LogP contribution >= 0.6 is 0 Å². The number of methoxy groups -OCH3 is 2. The summed E-state index contributed by atoms with van der Waals surface area (Å²) in [7, 11) is -0.939. The molecule has 0 unspecified atom stereocenters. The number of amides is 1. The van der Waals surface area contributed by atoms with Gasteiger partial charge in [-0.15, -0.1) is 0 Å². The van der Waals surface area contributed by atoms with Crippen LogP contribution in [0.3, 0.4) is 0 Å². The highest BCUT2D eigenvalue weighted by Gasteiger charge is 2.34. The SMILES string of the molecule is COCCNS(=O)(=O)c1ccc(OCC(=O)N2C[C@H](C(=O)OC)Oc3ccccc32)cc1. The van der Waals surface area contributed by atoms with Crippen LogP contribution in [0.1, 0.15) is 0 Å². The molecule has 1 N–H and O–H groups in total. The van der Waals surface area contributed by atoms with Gasteiger partial charge in [0.1, 0.15) is 11.5 Å². The van der Waals surface area contributed by atoms with Crippen LogP contribution in [0.4, 0.5) is 5.69 Å². The lowest BCUT2D eigenvalue weighted by atomic mass is 10.2. The number of carbonyl (C=O) groups is 2. The molecule has 0 aromatic heterocycles. The smallest absolute Gasteiger partial charge is 0.348 e. The Labute approximate surface area is 186 Å². The molecule has 0 bridgehead atoms. The molecular formula is C21H24N2O8S. The van der Waals surface area contributed by atoms with Gasteiger partial charge in [-0.3, -0.25) is 4.79 Å². The van der Waals surface area contributed by atoms with Crippen LogP contribution in [0.5, 0.6) is 11.5 Å². The van der Waals surface area contributed by atoms with Crippen molar-refractivity contribution >= 4 is 27.6 Å². The van der Waals surface area contributed by atoms with Crippen molar-refractivity contribution in [1.82, 2.24) is 4.72 Å². The van der Waals surface area contributed by atoms with Crippen molar-refractivity contribution < 1.29 is 37.0 Å². The van der Waals surface area contributed by atoms with Gasteiger partial charge in [0.05, 0.1) is 30.8 Å². The zero-order valence-corrected chi connectivity index (χ0v) is 18.5. The molecule has 0 spiro atoms. The number of nitrogens with one attached hydrogen (secondary N) is 1. The minimum atomic E-state index is -3.67. The average Bonchev–Trinajstić information content (AvgIpc) is 2.81. The zero-order chi connectivity index (χ0) is 23.1. The maximum Gasteiger partial charge on any atom is 0.348 e. The minimum absolute atomic E-state index is 0.0177. The molecule has 1 heterocycles. The maximum atomic E-state index is 12.8. The van der Waals surface area contributed by atoms with Crippen LogP contribution in [-0.4, -0.2) is 66.9 Å². The standard InChI is InChI=1S/C21H24N2O8S/c1-28-12-11-22-32(26,27)16-9-7-15(8-10-16)30-14-20(24)23-13-19(21(25)29-2)31-18-6-4-3-5-17(18)23/h3-10,19,22H,11-14H2,1-2H3/t19-/m1/s1. The fourth-order valence-electron chi connectivity index (χ4n) is 3.02. The molecule has 0 saturated carbocycles. The molecule has 1 atom stereocenters. The van der Waals surface area contributed by atoms with E-state index in [4.69, 9.17) is 18.9 Å². The Morgan fingerprint density at radius 1 is 1.12 bits per heavy atom. The first-order valence-corrected chi connectivity index (χ1v) is 11.2. The van der Waals surface area contributed by atoms with Crippen molar-refractivity contribution in [2.45, 2.75) is 11.0 Å². The Kier molecular flexibility index (Phi) is 7.67. The lowest BCUT2D eigenvalue weighted by Crippen LogP contribution is -2.48. The van der Waals surface area contributed by atoms with Gasteiger partial charge in [0, 0.05) is 13.7 Å². The fourth-order valence-corrected chi connectivity index (χ4v) is 4.04.